The van der Waals surface area contributed by atoms with Gasteiger partial charge in [-0.3, -0.25) is 14.4 Å². The van der Waals surface area contributed by atoms with Crippen molar-refractivity contribution in [3.63, 3.8) is 0 Å². The van der Waals surface area contributed by atoms with E-state index < -0.39 is 55.0 Å². The van der Waals surface area contributed by atoms with Crippen molar-refractivity contribution in [1.82, 2.24) is 25.9 Å². The summed E-state index contributed by atoms with van der Waals surface area (Å²) in [6.45, 7) is -1.16. The van der Waals surface area contributed by atoms with Crippen molar-refractivity contribution in [2.24, 2.45) is 5.73 Å². The third-order valence-corrected chi connectivity index (χ3v) is 4.58. The van der Waals surface area contributed by atoms with Crippen LogP contribution in [0.4, 0.5) is 0 Å². The van der Waals surface area contributed by atoms with Gasteiger partial charge in [0.25, 0.3) is 0 Å². The lowest BCUT2D eigenvalue weighted by Gasteiger charge is -2.20. The first-order chi connectivity index (χ1) is 15.7. The summed E-state index contributed by atoms with van der Waals surface area (Å²) in [4.78, 5) is 54.9. The number of benzene rings is 1. The number of aliphatic hydroxyl groups excluding tert-OH is 1. The number of amides is 3. The average Bonchev–Trinajstić information content (AvgIpc) is 3.30. The van der Waals surface area contributed by atoms with Gasteiger partial charge in [-0.25, -0.2) is 9.78 Å². The highest BCUT2D eigenvalue weighted by molar-refractivity contribution is 5.92. The topological polar surface area (TPSA) is 220 Å². The number of aliphatic hydroxyl groups is 1. The number of nitrogens with one attached hydrogen (secondary N) is 4. The Labute approximate surface area is 188 Å². The van der Waals surface area contributed by atoms with E-state index in [2.05, 4.69) is 25.9 Å². The molecule has 1 aromatic carbocycles. The molecule has 2 rings (SSSR count). The lowest BCUT2D eigenvalue weighted by atomic mass is 10.1. The highest BCUT2D eigenvalue weighted by atomic mass is 16.4. The van der Waals surface area contributed by atoms with Gasteiger partial charge < -0.3 is 42.0 Å². The molecule has 0 fully saturated rings. The summed E-state index contributed by atoms with van der Waals surface area (Å²) in [7, 11) is 0. The number of hydrogen-bond acceptors (Lipinski definition) is 8. The molecule has 0 bridgehead atoms. The van der Waals surface area contributed by atoms with Crippen molar-refractivity contribution in [3.05, 3.63) is 48.0 Å². The standard InChI is InChI=1S/C20H26N6O7/c21-14(9-27)18(30)26-15(6-12-7-22-10-24-12)19(31)23-8-17(29)25-16(20(32)33)5-11-1-3-13(28)4-2-11/h1-4,7,10,14-16,27-28H,5-6,8-9,21H2,(H,22,24)(H,23,31)(H,25,29)(H,26,30)(H,32,33). The van der Waals surface area contributed by atoms with Crippen molar-refractivity contribution in [2.75, 3.05) is 13.2 Å². The zero-order chi connectivity index (χ0) is 24.4. The smallest absolute Gasteiger partial charge is 0.326 e. The summed E-state index contributed by atoms with van der Waals surface area (Å²) in [6, 6.07) is 2.22. The van der Waals surface area contributed by atoms with E-state index >= 15 is 0 Å². The molecule has 0 saturated carbocycles. The predicted octanol–water partition coefficient (Wildman–Crippen LogP) is -2.61. The maximum atomic E-state index is 12.6. The van der Waals surface area contributed by atoms with E-state index in [1.165, 1.54) is 36.8 Å². The maximum Gasteiger partial charge on any atom is 0.326 e. The molecule has 3 unspecified atom stereocenters. The molecular weight excluding hydrogens is 436 g/mol. The first-order valence-electron chi connectivity index (χ1n) is 9.91. The van der Waals surface area contributed by atoms with Crippen LogP contribution < -0.4 is 21.7 Å². The number of carbonyl (C=O) groups is 4. The second-order valence-corrected chi connectivity index (χ2v) is 7.18. The molecule has 1 aromatic heterocycles. The third kappa shape index (κ3) is 8.23. The van der Waals surface area contributed by atoms with Crippen LogP contribution in [0, 0.1) is 0 Å². The maximum absolute atomic E-state index is 12.6. The number of nitrogens with zero attached hydrogens (tertiary/aromatic N) is 1. The van der Waals surface area contributed by atoms with E-state index in [1.807, 2.05) is 0 Å². The van der Waals surface area contributed by atoms with Crippen LogP contribution in [0.2, 0.25) is 0 Å². The Morgan fingerprint density at radius 1 is 1.03 bits per heavy atom. The molecule has 3 atom stereocenters. The van der Waals surface area contributed by atoms with Gasteiger partial charge in [0.1, 0.15) is 23.9 Å². The average molecular weight is 462 g/mol. The Bertz CT molecular complexity index is 948. The number of hydrogen-bond donors (Lipinski definition) is 8. The number of rotatable bonds is 12. The number of carbonyl (C=O) groups excluding carboxylic acids is 3. The zero-order valence-electron chi connectivity index (χ0n) is 17.5. The van der Waals surface area contributed by atoms with Gasteiger partial charge in [0.05, 0.1) is 19.5 Å². The lowest BCUT2D eigenvalue weighted by molar-refractivity contribution is -0.141. The van der Waals surface area contributed by atoms with Crippen LogP contribution in [0.1, 0.15) is 11.3 Å². The van der Waals surface area contributed by atoms with E-state index in [-0.39, 0.29) is 18.6 Å². The highest BCUT2D eigenvalue weighted by Crippen LogP contribution is 2.11. The Kier molecular flexibility index (Phi) is 9.32. The van der Waals surface area contributed by atoms with E-state index in [1.54, 1.807) is 0 Å². The molecule has 0 spiro atoms. The fraction of sp³-hybridized carbons (Fsp3) is 0.350. The number of imidazole rings is 1. The summed E-state index contributed by atoms with van der Waals surface area (Å²) in [6.07, 6.45) is 2.81. The molecule has 0 aliphatic heterocycles. The molecule has 2 aromatic rings. The minimum Gasteiger partial charge on any atom is -0.508 e. The Hall–Kier alpha value is -3.97. The van der Waals surface area contributed by atoms with Crippen molar-refractivity contribution >= 4 is 23.7 Å². The fourth-order valence-electron chi connectivity index (χ4n) is 2.79. The normalized spacial score (nSPS) is 13.4. The summed E-state index contributed by atoms with van der Waals surface area (Å²) < 4.78 is 0. The molecule has 0 saturated heterocycles. The molecule has 13 nitrogen and oxygen atoms in total. The van der Waals surface area contributed by atoms with Gasteiger partial charge >= 0.3 is 5.97 Å². The monoisotopic (exact) mass is 462 g/mol. The second kappa shape index (κ2) is 12.2. The molecule has 13 heteroatoms. The number of carboxylic acid groups (broad SMARTS) is 1. The summed E-state index contributed by atoms with van der Waals surface area (Å²) in [5, 5.41) is 34.8. The van der Waals surface area contributed by atoms with Gasteiger partial charge in [0.15, 0.2) is 0 Å². The number of H-pyrrole nitrogens is 1. The number of nitrogens with two attached hydrogens (primary N) is 1. The minimum atomic E-state index is -1.27. The Morgan fingerprint density at radius 3 is 2.30 bits per heavy atom. The lowest BCUT2D eigenvalue weighted by Crippen LogP contribution is -2.55. The Balaban J connectivity index is 1.95. The van der Waals surface area contributed by atoms with Crippen molar-refractivity contribution < 1.29 is 34.5 Å². The predicted molar refractivity (Wildman–Crippen MR) is 114 cm³/mol. The molecule has 1 heterocycles. The molecular formula is C20H26N6O7. The van der Waals surface area contributed by atoms with Gasteiger partial charge in [-0.1, -0.05) is 12.1 Å². The number of aromatic amines is 1. The van der Waals surface area contributed by atoms with E-state index in [4.69, 9.17) is 10.8 Å². The largest absolute Gasteiger partial charge is 0.508 e. The number of aliphatic carboxylic acids is 1. The van der Waals surface area contributed by atoms with E-state index in [0.717, 1.165) is 0 Å². The van der Waals surface area contributed by atoms with E-state index in [0.29, 0.717) is 11.3 Å². The summed E-state index contributed by atoms with van der Waals surface area (Å²) >= 11 is 0. The van der Waals surface area contributed by atoms with Crippen LogP contribution >= 0.6 is 0 Å². The van der Waals surface area contributed by atoms with Gasteiger partial charge in [-0.15, -0.1) is 0 Å². The first-order valence-corrected chi connectivity index (χ1v) is 9.91. The van der Waals surface area contributed by atoms with Crippen LogP contribution in [-0.2, 0) is 32.0 Å². The van der Waals surface area contributed by atoms with Crippen LogP contribution in [0.25, 0.3) is 0 Å². The molecule has 0 aliphatic rings. The Morgan fingerprint density at radius 2 is 1.73 bits per heavy atom. The molecule has 178 valence electrons. The number of phenolic OH excluding ortho intramolecular Hbond substituents is 1. The molecule has 9 N–H and O–H groups in total. The van der Waals surface area contributed by atoms with Crippen LogP contribution in [0.15, 0.2) is 36.8 Å². The van der Waals surface area contributed by atoms with Crippen molar-refractivity contribution in [1.29, 1.82) is 0 Å². The molecule has 33 heavy (non-hydrogen) atoms. The number of aromatic nitrogens is 2. The van der Waals surface area contributed by atoms with Crippen molar-refractivity contribution in [2.45, 2.75) is 31.0 Å². The fourth-order valence-corrected chi connectivity index (χ4v) is 2.79. The third-order valence-electron chi connectivity index (χ3n) is 4.58. The van der Waals surface area contributed by atoms with Gasteiger partial charge in [0.2, 0.25) is 17.7 Å². The quantitative estimate of drug-likeness (QED) is 0.165. The number of carboxylic acids is 1. The van der Waals surface area contributed by atoms with Crippen LogP contribution in [0.5, 0.6) is 5.75 Å². The molecule has 3 amide bonds. The molecule has 0 radical (unpaired) electrons. The molecule has 0 aliphatic carbocycles. The minimum absolute atomic E-state index is 0.00987. The summed E-state index contributed by atoms with van der Waals surface area (Å²) in [5.41, 5.74) is 6.57. The number of phenols is 1. The van der Waals surface area contributed by atoms with Gasteiger partial charge in [-0.05, 0) is 17.7 Å². The van der Waals surface area contributed by atoms with Gasteiger partial charge in [0, 0.05) is 24.7 Å². The van der Waals surface area contributed by atoms with Crippen LogP contribution in [-0.4, -0.2) is 80.3 Å². The van der Waals surface area contributed by atoms with Crippen LogP contribution in [0.3, 0.4) is 0 Å². The van der Waals surface area contributed by atoms with E-state index in [9.17, 15) is 29.4 Å². The zero-order valence-corrected chi connectivity index (χ0v) is 17.5. The number of aromatic hydroxyl groups is 1. The summed E-state index contributed by atoms with van der Waals surface area (Å²) in [5.74, 6) is -3.49. The highest BCUT2D eigenvalue weighted by Gasteiger charge is 2.26. The first kappa shape index (κ1) is 25.3. The SMILES string of the molecule is NC(CO)C(=O)NC(Cc1cnc[nH]1)C(=O)NCC(=O)NC(Cc1ccc(O)cc1)C(=O)O. The van der Waals surface area contributed by atoms with Crippen molar-refractivity contribution in [3.8, 4) is 5.75 Å². The second-order valence-electron chi connectivity index (χ2n) is 7.18. The van der Waals surface area contributed by atoms with Gasteiger partial charge in [-0.2, -0.15) is 0 Å².